The smallest absolute Gasteiger partial charge is 0.252 e. The highest BCUT2D eigenvalue weighted by Crippen LogP contribution is 2.14. The summed E-state index contributed by atoms with van der Waals surface area (Å²) >= 11 is 0. The van der Waals surface area contributed by atoms with Crippen LogP contribution in [-0.2, 0) is 0 Å². The van der Waals surface area contributed by atoms with Gasteiger partial charge in [-0.1, -0.05) is 12.1 Å². The average Bonchev–Trinajstić information content (AvgIpc) is 2.38. The van der Waals surface area contributed by atoms with E-state index in [0.717, 1.165) is 11.3 Å². The van der Waals surface area contributed by atoms with E-state index in [1.165, 1.54) is 6.07 Å². The maximum absolute atomic E-state index is 11.2. The number of benzene rings is 1. The summed E-state index contributed by atoms with van der Waals surface area (Å²) in [6.07, 6.45) is 1.60. The molecule has 0 aliphatic carbocycles. The normalized spacial score (nSPS) is 10.6. The van der Waals surface area contributed by atoms with E-state index in [4.69, 9.17) is 4.74 Å². The van der Waals surface area contributed by atoms with E-state index in [2.05, 4.69) is 20.5 Å². The predicted molar refractivity (Wildman–Crippen MR) is 73.8 cm³/mol. The molecule has 1 heterocycles. The third-order valence-electron chi connectivity index (χ3n) is 2.38. The van der Waals surface area contributed by atoms with Crippen LogP contribution in [0.25, 0.3) is 0 Å². The SMILES string of the molecule is COc1ccccc1/C=N\Nc1nc(C)cc(=O)[nH]1. The lowest BCUT2D eigenvalue weighted by atomic mass is 10.2. The summed E-state index contributed by atoms with van der Waals surface area (Å²) in [5.41, 5.74) is 3.90. The molecule has 0 spiro atoms. The topological polar surface area (TPSA) is 79.4 Å². The molecular formula is C13H14N4O2. The number of hydrogen-bond acceptors (Lipinski definition) is 5. The predicted octanol–water partition coefficient (Wildman–Crippen LogP) is 1.53. The molecule has 0 saturated heterocycles. The van der Waals surface area contributed by atoms with Crippen LogP contribution in [0.3, 0.4) is 0 Å². The minimum absolute atomic E-state index is 0.220. The summed E-state index contributed by atoms with van der Waals surface area (Å²) in [5.74, 6) is 1.02. The zero-order valence-electron chi connectivity index (χ0n) is 10.7. The number of nitrogens with one attached hydrogen (secondary N) is 2. The van der Waals surface area contributed by atoms with Gasteiger partial charge in [-0.3, -0.25) is 9.78 Å². The molecule has 6 heteroatoms. The van der Waals surface area contributed by atoms with Crippen LogP contribution in [0, 0.1) is 6.92 Å². The number of rotatable bonds is 4. The molecule has 1 aromatic heterocycles. The number of para-hydroxylation sites is 1. The van der Waals surface area contributed by atoms with Gasteiger partial charge < -0.3 is 4.74 Å². The van der Waals surface area contributed by atoms with E-state index in [9.17, 15) is 4.79 Å². The van der Waals surface area contributed by atoms with E-state index < -0.39 is 0 Å². The monoisotopic (exact) mass is 258 g/mol. The van der Waals surface area contributed by atoms with Crippen LogP contribution in [-0.4, -0.2) is 23.3 Å². The molecule has 1 aromatic carbocycles. The van der Waals surface area contributed by atoms with Crippen LogP contribution in [0.5, 0.6) is 5.75 Å². The lowest BCUT2D eigenvalue weighted by molar-refractivity contribution is 0.414. The van der Waals surface area contributed by atoms with Gasteiger partial charge in [0.2, 0.25) is 5.95 Å². The Balaban J connectivity index is 2.13. The fraction of sp³-hybridized carbons (Fsp3) is 0.154. The molecule has 0 amide bonds. The second kappa shape index (κ2) is 5.81. The Morgan fingerprint density at radius 1 is 1.42 bits per heavy atom. The standard InChI is InChI=1S/C13H14N4O2/c1-9-7-12(18)16-13(15-9)17-14-8-10-5-3-4-6-11(10)19-2/h3-8H,1-2H3,(H2,15,16,17,18)/b14-8-. The minimum Gasteiger partial charge on any atom is -0.496 e. The highest BCUT2D eigenvalue weighted by Gasteiger charge is 1.98. The molecule has 0 fully saturated rings. The number of nitrogens with zero attached hydrogens (tertiary/aromatic N) is 2. The molecule has 0 aliphatic rings. The lowest BCUT2D eigenvalue weighted by Gasteiger charge is -2.03. The molecule has 0 unspecified atom stereocenters. The van der Waals surface area contributed by atoms with Crippen LogP contribution in [0.4, 0.5) is 5.95 Å². The zero-order valence-corrected chi connectivity index (χ0v) is 10.7. The van der Waals surface area contributed by atoms with E-state index in [-0.39, 0.29) is 5.56 Å². The van der Waals surface area contributed by atoms with Crippen molar-refractivity contribution >= 4 is 12.2 Å². The summed E-state index contributed by atoms with van der Waals surface area (Å²) in [6, 6.07) is 8.89. The first-order chi connectivity index (χ1) is 9.19. The first kappa shape index (κ1) is 12.8. The number of aromatic amines is 1. The number of anilines is 1. The molecule has 2 N–H and O–H groups in total. The van der Waals surface area contributed by atoms with Crippen molar-refractivity contribution in [1.82, 2.24) is 9.97 Å². The van der Waals surface area contributed by atoms with Gasteiger partial charge in [-0.05, 0) is 19.1 Å². The summed E-state index contributed by atoms with van der Waals surface area (Å²) in [7, 11) is 1.60. The number of aromatic nitrogens is 2. The second-order valence-corrected chi connectivity index (χ2v) is 3.85. The first-order valence-corrected chi connectivity index (χ1v) is 5.69. The van der Waals surface area contributed by atoms with Crippen LogP contribution in [0.15, 0.2) is 40.2 Å². The first-order valence-electron chi connectivity index (χ1n) is 5.69. The molecule has 0 atom stereocenters. The van der Waals surface area contributed by atoms with Crippen molar-refractivity contribution in [2.75, 3.05) is 12.5 Å². The van der Waals surface area contributed by atoms with Gasteiger partial charge in [-0.2, -0.15) is 5.10 Å². The van der Waals surface area contributed by atoms with Gasteiger partial charge >= 0.3 is 0 Å². The number of methoxy groups -OCH3 is 1. The van der Waals surface area contributed by atoms with Crippen molar-refractivity contribution in [2.45, 2.75) is 6.92 Å². The third kappa shape index (κ3) is 3.41. The van der Waals surface area contributed by atoms with Gasteiger partial charge in [0.1, 0.15) is 5.75 Å². The molecule has 0 saturated carbocycles. The van der Waals surface area contributed by atoms with Gasteiger partial charge in [0, 0.05) is 17.3 Å². The van der Waals surface area contributed by atoms with Crippen molar-refractivity contribution in [3.8, 4) is 5.75 Å². The summed E-state index contributed by atoms with van der Waals surface area (Å²) in [5, 5.41) is 4.02. The zero-order chi connectivity index (χ0) is 13.7. The van der Waals surface area contributed by atoms with Crippen molar-refractivity contribution < 1.29 is 4.74 Å². The summed E-state index contributed by atoms with van der Waals surface area (Å²) in [6.45, 7) is 1.74. The van der Waals surface area contributed by atoms with Gasteiger partial charge in [-0.25, -0.2) is 10.4 Å². The van der Waals surface area contributed by atoms with Crippen molar-refractivity contribution in [1.29, 1.82) is 0 Å². The highest BCUT2D eigenvalue weighted by molar-refractivity contribution is 5.83. The van der Waals surface area contributed by atoms with Gasteiger partial charge in [0.25, 0.3) is 5.56 Å². The molecule has 2 aromatic rings. The quantitative estimate of drug-likeness (QED) is 0.644. The number of hydrazone groups is 1. The fourth-order valence-electron chi connectivity index (χ4n) is 1.57. The molecule has 6 nitrogen and oxygen atoms in total. The Morgan fingerprint density at radius 2 is 2.21 bits per heavy atom. The molecule has 2 rings (SSSR count). The van der Waals surface area contributed by atoms with Gasteiger partial charge in [-0.15, -0.1) is 0 Å². The minimum atomic E-state index is -0.220. The van der Waals surface area contributed by atoms with Crippen LogP contribution in [0.1, 0.15) is 11.3 Å². The third-order valence-corrected chi connectivity index (χ3v) is 2.38. The van der Waals surface area contributed by atoms with E-state index in [1.54, 1.807) is 20.2 Å². The Labute approximate surface area is 110 Å². The molecule has 0 radical (unpaired) electrons. The average molecular weight is 258 g/mol. The Kier molecular flexibility index (Phi) is 3.92. The molecule has 98 valence electrons. The Bertz CT molecular complexity index is 649. The number of H-pyrrole nitrogens is 1. The molecule has 0 bridgehead atoms. The van der Waals surface area contributed by atoms with Crippen LogP contribution >= 0.6 is 0 Å². The van der Waals surface area contributed by atoms with Crippen molar-refractivity contribution in [3.63, 3.8) is 0 Å². The van der Waals surface area contributed by atoms with E-state index >= 15 is 0 Å². The van der Waals surface area contributed by atoms with Crippen LogP contribution < -0.4 is 15.7 Å². The van der Waals surface area contributed by atoms with E-state index in [0.29, 0.717) is 11.6 Å². The molecular weight excluding hydrogens is 244 g/mol. The van der Waals surface area contributed by atoms with Crippen LogP contribution in [0.2, 0.25) is 0 Å². The molecule has 0 aliphatic heterocycles. The van der Waals surface area contributed by atoms with E-state index in [1.807, 2.05) is 24.3 Å². The number of hydrogen-bond donors (Lipinski definition) is 2. The molecule has 19 heavy (non-hydrogen) atoms. The van der Waals surface area contributed by atoms with Gasteiger partial charge in [0.05, 0.1) is 13.3 Å². The number of ether oxygens (including phenoxy) is 1. The highest BCUT2D eigenvalue weighted by atomic mass is 16.5. The maximum Gasteiger partial charge on any atom is 0.252 e. The van der Waals surface area contributed by atoms with Crippen molar-refractivity contribution in [3.05, 3.63) is 51.9 Å². The summed E-state index contributed by atoms with van der Waals surface area (Å²) in [4.78, 5) is 17.9. The Morgan fingerprint density at radius 3 is 2.95 bits per heavy atom. The van der Waals surface area contributed by atoms with Gasteiger partial charge in [0.15, 0.2) is 0 Å². The number of aryl methyl sites for hydroxylation is 1. The van der Waals surface area contributed by atoms with Crippen molar-refractivity contribution in [2.24, 2.45) is 5.10 Å². The maximum atomic E-state index is 11.2. The summed E-state index contributed by atoms with van der Waals surface area (Å²) < 4.78 is 5.19. The fourth-order valence-corrected chi connectivity index (χ4v) is 1.57. The second-order valence-electron chi connectivity index (χ2n) is 3.85. The largest absolute Gasteiger partial charge is 0.496 e. The lowest BCUT2D eigenvalue weighted by Crippen LogP contribution is -2.10. The Hall–Kier alpha value is -2.63.